The number of anilines is 1. The lowest BCUT2D eigenvalue weighted by molar-refractivity contribution is -0.116. The van der Waals surface area contributed by atoms with Gasteiger partial charge in [-0.15, -0.1) is 11.3 Å². The number of carbonyl (C=O) groups is 3. The first-order valence-electron chi connectivity index (χ1n) is 8.48. The fraction of sp³-hybridized carbons (Fsp3) is 0.316. The van der Waals surface area contributed by atoms with Crippen LogP contribution in [-0.2, 0) is 17.6 Å². The van der Waals surface area contributed by atoms with Gasteiger partial charge in [-0.2, -0.15) is 0 Å². The highest BCUT2D eigenvalue weighted by atomic mass is 35.5. The smallest absolute Gasteiger partial charge is 0.251 e. The molecule has 2 aromatic rings. The fourth-order valence-corrected chi connectivity index (χ4v) is 4.55. The van der Waals surface area contributed by atoms with Crippen molar-refractivity contribution >= 4 is 45.5 Å². The van der Waals surface area contributed by atoms with Gasteiger partial charge >= 0.3 is 0 Å². The summed E-state index contributed by atoms with van der Waals surface area (Å²) in [7, 11) is 0. The summed E-state index contributed by atoms with van der Waals surface area (Å²) in [5.41, 5.74) is 7.45. The van der Waals surface area contributed by atoms with Crippen LogP contribution in [0.3, 0.4) is 0 Å². The van der Waals surface area contributed by atoms with E-state index in [9.17, 15) is 14.4 Å². The lowest BCUT2D eigenvalue weighted by atomic mass is 9.95. The van der Waals surface area contributed by atoms with Crippen molar-refractivity contribution in [3.63, 3.8) is 0 Å². The second-order valence-electron chi connectivity index (χ2n) is 6.26. The number of rotatable bonds is 6. The van der Waals surface area contributed by atoms with Gasteiger partial charge in [-0.3, -0.25) is 14.4 Å². The van der Waals surface area contributed by atoms with Gasteiger partial charge in [0.25, 0.3) is 5.91 Å². The molecule has 0 radical (unpaired) electrons. The molecule has 0 bridgehead atoms. The molecule has 3 N–H and O–H groups in total. The van der Waals surface area contributed by atoms with Gasteiger partial charge in [0, 0.05) is 28.3 Å². The average Bonchev–Trinajstić information content (AvgIpc) is 2.98. The first kappa shape index (κ1) is 18.6. The van der Waals surface area contributed by atoms with Gasteiger partial charge in [-0.1, -0.05) is 11.6 Å². The number of fused-ring (bicyclic) bond motifs is 1. The standard InChI is InChI=1S/C19H19ClN2O3S/c20-12-7-5-11(6-8-12)14(23)9-10-16(24)22-19-17(18(21)25)13-3-1-2-4-15(13)26-19/h5-8H,1-4,9-10H2,(H2,21,25)(H,22,24). The Balaban J connectivity index is 1.65. The molecule has 1 aliphatic carbocycles. The van der Waals surface area contributed by atoms with Crippen molar-refractivity contribution in [2.45, 2.75) is 38.5 Å². The summed E-state index contributed by atoms with van der Waals surface area (Å²) >= 11 is 7.22. The predicted octanol–water partition coefficient (Wildman–Crippen LogP) is 3.98. The SMILES string of the molecule is NC(=O)c1c(NC(=O)CCC(=O)c2ccc(Cl)cc2)sc2c1CCCC2. The molecule has 3 rings (SSSR count). The van der Waals surface area contributed by atoms with Gasteiger partial charge < -0.3 is 11.1 Å². The summed E-state index contributed by atoms with van der Waals surface area (Å²) in [6.45, 7) is 0. The zero-order chi connectivity index (χ0) is 18.7. The maximum Gasteiger partial charge on any atom is 0.251 e. The van der Waals surface area contributed by atoms with E-state index in [2.05, 4.69) is 5.32 Å². The van der Waals surface area contributed by atoms with Gasteiger partial charge in [-0.05, 0) is 55.5 Å². The predicted molar refractivity (Wildman–Crippen MR) is 103 cm³/mol. The Hall–Kier alpha value is -2.18. The Labute approximate surface area is 160 Å². The minimum absolute atomic E-state index is 0.0439. The molecule has 0 aliphatic heterocycles. The summed E-state index contributed by atoms with van der Waals surface area (Å²) in [4.78, 5) is 37.4. The van der Waals surface area contributed by atoms with Gasteiger partial charge in [0.2, 0.25) is 5.91 Å². The molecule has 0 unspecified atom stereocenters. The summed E-state index contributed by atoms with van der Waals surface area (Å²) < 4.78 is 0. The number of ketones is 1. The Morgan fingerprint density at radius 1 is 1.08 bits per heavy atom. The molecule has 0 saturated carbocycles. The summed E-state index contributed by atoms with van der Waals surface area (Å²) in [6.07, 6.45) is 3.95. The first-order chi connectivity index (χ1) is 12.5. The molecule has 2 amide bonds. The largest absolute Gasteiger partial charge is 0.365 e. The third-order valence-corrected chi connectivity index (χ3v) is 5.88. The third kappa shape index (κ3) is 4.14. The molecular weight excluding hydrogens is 372 g/mol. The number of hydrogen-bond acceptors (Lipinski definition) is 4. The van der Waals surface area contributed by atoms with Crippen molar-refractivity contribution in [1.29, 1.82) is 0 Å². The molecule has 1 aromatic carbocycles. The van der Waals surface area contributed by atoms with E-state index in [1.165, 1.54) is 11.3 Å². The lowest BCUT2D eigenvalue weighted by Gasteiger charge is -2.11. The first-order valence-corrected chi connectivity index (χ1v) is 9.68. The highest BCUT2D eigenvalue weighted by Gasteiger charge is 2.25. The monoisotopic (exact) mass is 390 g/mol. The zero-order valence-corrected chi connectivity index (χ0v) is 15.7. The molecule has 0 atom stereocenters. The van der Waals surface area contributed by atoms with Crippen LogP contribution >= 0.6 is 22.9 Å². The average molecular weight is 391 g/mol. The molecule has 0 saturated heterocycles. The van der Waals surface area contributed by atoms with Gasteiger partial charge in [0.15, 0.2) is 5.78 Å². The number of Topliss-reactive ketones (excluding diaryl/α,β-unsaturated/α-hetero) is 1. The number of hydrogen-bond donors (Lipinski definition) is 2. The zero-order valence-electron chi connectivity index (χ0n) is 14.1. The number of thiophene rings is 1. The van der Waals surface area contributed by atoms with E-state index >= 15 is 0 Å². The molecule has 0 fully saturated rings. The van der Waals surface area contributed by atoms with E-state index in [0.29, 0.717) is 21.2 Å². The number of aryl methyl sites for hydroxylation is 1. The number of nitrogens with two attached hydrogens (primary N) is 1. The normalized spacial score (nSPS) is 13.1. The maximum absolute atomic E-state index is 12.3. The van der Waals surface area contributed by atoms with Crippen LogP contribution in [0.15, 0.2) is 24.3 Å². The number of carbonyl (C=O) groups excluding carboxylic acids is 3. The minimum Gasteiger partial charge on any atom is -0.365 e. The van der Waals surface area contributed by atoms with E-state index in [0.717, 1.165) is 36.1 Å². The van der Waals surface area contributed by atoms with Crippen molar-refractivity contribution in [1.82, 2.24) is 0 Å². The van der Waals surface area contributed by atoms with Crippen molar-refractivity contribution in [2.75, 3.05) is 5.32 Å². The van der Waals surface area contributed by atoms with Crippen LogP contribution in [0.4, 0.5) is 5.00 Å². The fourth-order valence-electron chi connectivity index (χ4n) is 3.11. The molecule has 1 aliphatic rings. The molecule has 136 valence electrons. The highest BCUT2D eigenvalue weighted by molar-refractivity contribution is 7.17. The Morgan fingerprint density at radius 2 is 1.77 bits per heavy atom. The number of nitrogens with one attached hydrogen (secondary N) is 1. The second kappa shape index (κ2) is 8.01. The molecule has 7 heteroatoms. The Morgan fingerprint density at radius 3 is 2.46 bits per heavy atom. The molecule has 1 heterocycles. The van der Waals surface area contributed by atoms with Crippen molar-refractivity contribution in [2.24, 2.45) is 5.73 Å². The van der Waals surface area contributed by atoms with Crippen molar-refractivity contribution in [3.05, 3.63) is 50.9 Å². The number of benzene rings is 1. The maximum atomic E-state index is 12.3. The highest BCUT2D eigenvalue weighted by Crippen LogP contribution is 2.37. The van der Waals surface area contributed by atoms with Crippen LogP contribution in [0.1, 0.15) is 56.8 Å². The molecule has 5 nitrogen and oxygen atoms in total. The van der Waals surface area contributed by atoms with Crippen molar-refractivity contribution < 1.29 is 14.4 Å². The Kier molecular flexibility index (Phi) is 5.74. The quantitative estimate of drug-likeness (QED) is 0.731. The van der Waals surface area contributed by atoms with Crippen LogP contribution in [0.2, 0.25) is 5.02 Å². The van der Waals surface area contributed by atoms with E-state index in [-0.39, 0.29) is 24.5 Å². The van der Waals surface area contributed by atoms with Crippen LogP contribution in [0.25, 0.3) is 0 Å². The van der Waals surface area contributed by atoms with E-state index in [1.54, 1.807) is 24.3 Å². The Bertz CT molecular complexity index is 858. The number of primary amides is 1. The lowest BCUT2D eigenvalue weighted by Crippen LogP contribution is -2.19. The number of halogens is 1. The molecule has 0 spiro atoms. The van der Waals surface area contributed by atoms with E-state index in [4.69, 9.17) is 17.3 Å². The summed E-state index contributed by atoms with van der Waals surface area (Å²) in [5.74, 6) is -0.942. The van der Waals surface area contributed by atoms with Crippen LogP contribution in [0, 0.1) is 0 Å². The molecule has 26 heavy (non-hydrogen) atoms. The van der Waals surface area contributed by atoms with E-state index in [1.807, 2.05) is 0 Å². The van der Waals surface area contributed by atoms with Crippen LogP contribution < -0.4 is 11.1 Å². The number of amides is 2. The van der Waals surface area contributed by atoms with E-state index < -0.39 is 5.91 Å². The summed E-state index contributed by atoms with van der Waals surface area (Å²) in [6, 6.07) is 6.57. The van der Waals surface area contributed by atoms with Gasteiger partial charge in [0.1, 0.15) is 5.00 Å². The second-order valence-corrected chi connectivity index (χ2v) is 7.80. The van der Waals surface area contributed by atoms with Crippen LogP contribution in [0.5, 0.6) is 0 Å². The van der Waals surface area contributed by atoms with Gasteiger partial charge in [-0.25, -0.2) is 0 Å². The van der Waals surface area contributed by atoms with Crippen molar-refractivity contribution in [3.8, 4) is 0 Å². The topological polar surface area (TPSA) is 89.3 Å². The summed E-state index contributed by atoms with van der Waals surface area (Å²) in [5, 5.41) is 3.83. The van der Waals surface area contributed by atoms with Gasteiger partial charge in [0.05, 0.1) is 5.56 Å². The molecule has 1 aromatic heterocycles. The minimum atomic E-state index is -0.517. The molecular formula is C19H19ClN2O3S. The van der Waals surface area contributed by atoms with Crippen LogP contribution in [-0.4, -0.2) is 17.6 Å². The third-order valence-electron chi connectivity index (χ3n) is 4.42.